The molecule has 2 rings (SSSR count). The molecule has 96 valence electrons. The number of benzene rings is 1. The molecule has 1 heterocycles. The van der Waals surface area contributed by atoms with Crippen molar-refractivity contribution in [3.05, 3.63) is 35.7 Å². The molecule has 1 aromatic heterocycles. The Bertz CT molecular complexity index is 497. The molecular formula is C12H17N5O. The van der Waals surface area contributed by atoms with Crippen molar-refractivity contribution in [1.82, 2.24) is 25.5 Å². The highest BCUT2D eigenvalue weighted by Gasteiger charge is 2.02. The van der Waals surface area contributed by atoms with Crippen molar-refractivity contribution in [1.29, 1.82) is 0 Å². The Kier molecular flexibility index (Phi) is 4.25. The maximum absolute atomic E-state index is 5.62. The summed E-state index contributed by atoms with van der Waals surface area (Å²) in [5, 5.41) is 15.0. The summed E-state index contributed by atoms with van der Waals surface area (Å²) < 4.78 is 5.62. The standard InChI is InChI=1S/C12H17N5O/c1-3-13-8-10-5-4-6-11(7-10)18-9-12-14-16-17(2)15-12/h4-7,13H,3,8-9H2,1-2H3. The van der Waals surface area contributed by atoms with Gasteiger partial charge in [0.2, 0.25) is 5.82 Å². The lowest BCUT2D eigenvalue weighted by Gasteiger charge is -2.06. The predicted molar refractivity (Wildman–Crippen MR) is 67.0 cm³/mol. The third-order valence-electron chi connectivity index (χ3n) is 2.40. The second kappa shape index (κ2) is 6.11. The molecule has 18 heavy (non-hydrogen) atoms. The van der Waals surface area contributed by atoms with E-state index >= 15 is 0 Å². The van der Waals surface area contributed by atoms with E-state index in [9.17, 15) is 0 Å². The first-order valence-corrected chi connectivity index (χ1v) is 5.93. The van der Waals surface area contributed by atoms with Gasteiger partial charge in [-0.3, -0.25) is 0 Å². The van der Waals surface area contributed by atoms with Gasteiger partial charge >= 0.3 is 0 Å². The SMILES string of the molecule is CCNCc1cccc(OCc2nnn(C)n2)c1. The topological polar surface area (TPSA) is 64.9 Å². The van der Waals surface area contributed by atoms with E-state index in [0.29, 0.717) is 12.4 Å². The van der Waals surface area contributed by atoms with Crippen LogP contribution in [0.2, 0.25) is 0 Å². The van der Waals surface area contributed by atoms with Crippen LogP contribution in [0, 0.1) is 0 Å². The first-order chi connectivity index (χ1) is 8.78. The lowest BCUT2D eigenvalue weighted by atomic mass is 10.2. The highest BCUT2D eigenvalue weighted by Crippen LogP contribution is 2.14. The van der Waals surface area contributed by atoms with Crippen LogP contribution in [0.1, 0.15) is 18.3 Å². The van der Waals surface area contributed by atoms with Crippen molar-refractivity contribution in [3.63, 3.8) is 0 Å². The summed E-state index contributed by atoms with van der Waals surface area (Å²) in [6.45, 7) is 4.21. The molecule has 0 amide bonds. The summed E-state index contributed by atoms with van der Waals surface area (Å²) >= 11 is 0. The van der Waals surface area contributed by atoms with E-state index < -0.39 is 0 Å². The second-order valence-electron chi connectivity index (χ2n) is 3.91. The quantitative estimate of drug-likeness (QED) is 0.821. The monoisotopic (exact) mass is 247 g/mol. The fraction of sp³-hybridized carbons (Fsp3) is 0.417. The molecule has 1 aromatic carbocycles. The van der Waals surface area contributed by atoms with Gasteiger partial charge in [0.1, 0.15) is 5.75 Å². The highest BCUT2D eigenvalue weighted by molar-refractivity contribution is 5.28. The van der Waals surface area contributed by atoms with E-state index in [2.05, 4.69) is 33.7 Å². The predicted octanol–water partition coefficient (Wildman–Crippen LogP) is 0.899. The average Bonchev–Trinajstić information content (AvgIpc) is 2.80. The summed E-state index contributed by atoms with van der Waals surface area (Å²) in [6, 6.07) is 7.98. The Morgan fingerprint density at radius 1 is 1.39 bits per heavy atom. The zero-order valence-electron chi connectivity index (χ0n) is 10.6. The maximum Gasteiger partial charge on any atom is 0.212 e. The zero-order chi connectivity index (χ0) is 12.8. The van der Waals surface area contributed by atoms with Crippen LogP contribution in [0.3, 0.4) is 0 Å². The number of aromatic nitrogens is 4. The molecule has 0 atom stereocenters. The molecule has 6 nitrogen and oxygen atoms in total. The second-order valence-corrected chi connectivity index (χ2v) is 3.91. The van der Waals surface area contributed by atoms with Crippen LogP contribution in [-0.2, 0) is 20.2 Å². The van der Waals surface area contributed by atoms with E-state index in [0.717, 1.165) is 18.8 Å². The van der Waals surface area contributed by atoms with Gasteiger partial charge in [-0.25, -0.2) is 0 Å². The average molecular weight is 247 g/mol. The van der Waals surface area contributed by atoms with E-state index in [1.165, 1.54) is 10.4 Å². The van der Waals surface area contributed by atoms with Crippen molar-refractivity contribution in [2.45, 2.75) is 20.1 Å². The fourth-order valence-corrected chi connectivity index (χ4v) is 1.54. The molecule has 0 aliphatic carbocycles. The van der Waals surface area contributed by atoms with E-state index in [1.54, 1.807) is 7.05 Å². The number of tetrazole rings is 1. The molecule has 6 heteroatoms. The number of nitrogens with one attached hydrogen (secondary N) is 1. The molecule has 0 unspecified atom stereocenters. The lowest BCUT2D eigenvalue weighted by molar-refractivity contribution is 0.295. The van der Waals surface area contributed by atoms with E-state index in [1.807, 2.05) is 18.2 Å². The van der Waals surface area contributed by atoms with Crippen molar-refractivity contribution in [2.75, 3.05) is 6.54 Å². The number of hydrogen-bond acceptors (Lipinski definition) is 5. The summed E-state index contributed by atoms with van der Waals surface area (Å²) in [4.78, 5) is 1.42. The molecule has 0 fully saturated rings. The number of nitrogens with zero attached hydrogens (tertiary/aromatic N) is 4. The van der Waals surface area contributed by atoms with Crippen molar-refractivity contribution < 1.29 is 4.74 Å². The summed E-state index contributed by atoms with van der Waals surface area (Å²) in [6.07, 6.45) is 0. The van der Waals surface area contributed by atoms with Gasteiger partial charge in [-0.05, 0) is 29.5 Å². The Labute approximate surface area is 106 Å². The van der Waals surface area contributed by atoms with Crippen LogP contribution in [0.25, 0.3) is 0 Å². The van der Waals surface area contributed by atoms with Gasteiger partial charge in [0.15, 0.2) is 6.61 Å². The molecular weight excluding hydrogens is 230 g/mol. The number of ether oxygens (including phenoxy) is 1. The van der Waals surface area contributed by atoms with Crippen LogP contribution in [0.5, 0.6) is 5.75 Å². The Hall–Kier alpha value is -1.95. The molecule has 0 aliphatic heterocycles. The van der Waals surface area contributed by atoms with Crippen molar-refractivity contribution in [3.8, 4) is 5.75 Å². The Morgan fingerprint density at radius 2 is 2.28 bits per heavy atom. The minimum atomic E-state index is 0.332. The van der Waals surface area contributed by atoms with Crippen LogP contribution in [0.15, 0.2) is 24.3 Å². The maximum atomic E-state index is 5.62. The van der Waals surface area contributed by atoms with Gasteiger partial charge in [0.25, 0.3) is 0 Å². The number of hydrogen-bond donors (Lipinski definition) is 1. The van der Waals surface area contributed by atoms with Gasteiger partial charge in [-0.1, -0.05) is 19.1 Å². The third-order valence-corrected chi connectivity index (χ3v) is 2.40. The first-order valence-electron chi connectivity index (χ1n) is 5.93. The first kappa shape index (κ1) is 12.5. The van der Waals surface area contributed by atoms with E-state index in [4.69, 9.17) is 4.74 Å². The smallest absolute Gasteiger partial charge is 0.212 e. The normalized spacial score (nSPS) is 10.6. The third kappa shape index (κ3) is 3.53. The van der Waals surface area contributed by atoms with E-state index in [-0.39, 0.29) is 0 Å². The molecule has 0 saturated carbocycles. The van der Waals surface area contributed by atoms with Gasteiger partial charge in [-0.2, -0.15) is 4.80 Å². The number of rotatable bonds is 6. The van der Waals surface area contributed by atoms with Crippen molar-refractivity contribution in [2.24, 2.45) is 7.05 Å². The molecule has 2 aromatic rings. The molecule has 1 N–H and O–H groups in total. The summed E-state index contributed by atoms with van der Waals surface area (Å²) in [5.41, 5.74) is 1.20. The van der Waals surface area contributed by atoms with Crippen LogP contribution >= 0.6 is 0 Å². The number of aryl methyl sites for hydroxylation is 1. The molecule has 0 saturated heterocycles. The highest BCUT2D eigenvalue weighted by atomic mass is 16.5. The largest absolute Gasteiger partial charge is 0.485 e. The Balaban J connectivity index is 1.92. The van der Waals surface area contributed by atoms with Gasteiger partial charge in [0.05, 0.1) is 7.05 Å². The Morgan fingerprint density at radius 3 is 3.00 bits per heavy atom. The molecule has 0 spiro atoms. The summed E-state index contributed by atoms with van der Waals surface area (Å²) in [5.74, 6) is 1.40. The molecule has 0 bridgehead atoms. The molecule has 0 radical (unpaired) electrons. The van der Waals surface area contributed by atoms with Gasteiger partial charge in [0, 0.05) is 6.54 Å². The van der Waals surface area contributed by atoms with Gasteiger partial charge < -0.3 is 10.1 Å². The summed E-state index contributed by atoms with van der Waals surface area (Å²) in [7, 11) is 1.73. The zero-order valence-corrected chi connectivity index (χ0v) is 10.6. The van der Waals surface area contributed by atoms with Crippen LogP contribution in [0.4, 0.5) is 0 Å². The minimum absolute atomic E-state index is 0.332. The minimum Gasteiger partial charge on any atom is -0.485 e. The fourth-order valence-electron chi connectivity index (χ4n) is 1.54. The van der Waals surface area contributed by atoms with Crippen LogP contribution < -0.4 is 10.1 Å². The molecule has 0 aliphatic rings. The lowest BCUT2D eigenvalue weighted by Crippen LogP contribution is -2.11. The van der Waals surface area contributed by atoms with Crippen LogP contribution in [-0.4, -0.2) is 26.8 Å². The van der Waals surface area contributed by atoms with Crippen molar-refractivity contribution >= 4 is 0 Å². The van der Waals surface area contributed by atoms with Gasteiger partial charge in [-0.15, -0.1) is 10.2 Å².